The zero-order valence-electron chi connectivity index (χ0n) is 16.5. The Morgan fingerprint density at radius 2 is 2.00 bits per heavy atom. The van der Waals surface area contributed by atoms with E-state index in [0.717, 1.165) is 5.56 Å². The maximum atomic E-state index is 12.5. The molecule has 2 rings (SSSR count). The van der Waals surface area contributed by atoms with Gasteiger partial charge in [0.05, 0.1) is 6.54 Å². The van der Waals surface area contributed by atoms with Crippen molar-refractivity contribution in [3.05, 3.63) is 41.0 Å². The lowest BCUT2D eigenvalue weighted by Gasteiger charge is -2.14. The molecule has 0 amide bonds. The van der Waals surface area contributed by atoms with Crippen molar-refractivity contribution in [3.8, 4) is 5.75 Å². The van der Waals surface area contributed by atoms with Crippen molar-refractivity contribution in [2.24, 2.45) is 4.99 Å². The standard InChI is InChI=1S/C18H24F3N5O2.HI/c1-4-22-17(23-8-7-16-25-13(3)26-28-16)24-10-14-6-5-12(2)9-15(14)27-11-18(19,20)21;/h5-6,9H,4,7-8,10-11H2,1-3H3,(H2,22,23,24);1H. The van der Waals surface area contributed by atoms with Gasteiger partial charge in [0.2, 0.25) is 5.89 Å². The molecule has 1 heterocycles. The molecule has 0 unspecified atom stereocenters. The summed E-state index contributed by atoms with van der Waals surface area (Å²) in [5, 5.41) is 9.93. The van der Waals surface area contributed by atoms with Crippen molar-refractivity contribution >= 4 is 29.9 Å². The number of hydrogen-bond acceptors (Lipinski definition) is 5. The molecule has 0 saturated carbocycles. The highest BCUT2D eigenvalue weighted by Crippen LogP contribution is 2.24. The number of halogens is 4. The van der Waals surface area contributed by atoms with Crippen molar-refractivity contribution in [1.29, 1.82) is 0 Å². The minimum atomic E-state index is -4.39. The largest absolute Gasteiger partial charge is 0.484 e. The van der Waals surface area contributed by atoms with Gasteiger partial charge < -0.3 is 19.9 Å². The van der Waals surface area contributed by atoms with Gasteiger partial charge in [0, 0.05) is 25.1 Å². The lowest BCUT2D eigenvalue weighted by atomic mass is 10.1. The zero-order valence-corrected chi connectivity index (χ0v) is 18.8. The Morgan fingerprint density at radius 3 is 2.62 bits per heavy atom. The van der Waals surface area contributed by atoms with Crippen LogP contribution in [0.3, 0.4) is 0 Å². The second-order valence-corrected chi connectivity index (χ2v) is 6.12. The smallest absolute Gasteiger partial charge is 0.422 e. The molecule has 0 aliphatic carbocycles. The summed E-state index contributed by atoms with van der Waals surface area (Å²) in [6, 6.07) is 5.10. The Morgan fingerprint density at radius 1 is 1.24 bits per heavy atom. The Labute approximate surface area is 184 Å². The van der Waals surface area contributed by atoms with Crippen LogP contribution in [0, 0.1) is 13.8 Å². The normalized spacial score (nSPS) is 11.7. The highest BCUT2D eigenvalue weighted by molar-refractivity contribution is 14.0. The third-order valence-corrected chi connectivity index (χ3v) is 3.57. The molecular weight excluding hydrogens is 502 g/mol. The van der Waals surface area contributed by atoms with Crippen LogP contribution in [0.2, 0.25) is 0 Å². The summed E-state index contributed by atoms with van der Waals surface area (Å²) >= 11 is 0. The number of guanidine groups is 1. The van der Waals surface area contributed by atoms with Gasteiger partial charge in [-0.25, -0.2) is 4.99 Å². The van der Waals surface area contributed by atoms with Crippen LogP contribution in [0.15, 0.2) is 27.7 Å². The summed E-state index contributed by atoms with van der Waals surface area (Å²) in [7, 11) is 0. The predicted octanol–water partition coefficient (Wildman–Crippen LogP) is 3.54. The molecule has 2 N–H and O–H groups in total. The first kappa shape index (κ1) is 25.0. The molecule has 7 nitrogen and oxygen atoms in total. The van der Waals surface area contributed by atoms with E-state index in [1.54, 1.807) is 26.0 Å². The van der Waals surface area contributed by atoms with Gasteiger partial charge in [0.25, 0.3) is 0 Å². The van der Waals surface area contributed by atoms with Gasteiger partial charge in [0.15, 0.2) is 18.4 Å². The van der Waals surface area contributed by atoms with Crippen LogP contribution < -0.4 is 15.4 Å². The molecule has 2 aromatic rings. The number of rotatable bonds is 8. The monoisotopic (exact) mass is 527 g/mol. The molecule has 0 radical (unpaired) electrons. The Hall–Kier alpha value is -2.05. The summed E-state index contributed by atoms with van der Waals surface area (Å²) in [5.41, 5.74) is 1.38. The Bertz CT molecular complexity index is 796. The van der Waals surface area contributed by atoms with Crippen molar-refractivity contribution in [3.63, 3.8) is 0 Å². The van der Waals surface area contributed by atoms with E-state index in [1.807, 2.05) is 13.0 Å². The van der Waals surface area contributed by atoms with Crippen LogP contribution in [0.5, 0.6) is 5.75 Å². The first-order valence-electron chi connectivity index (χ1n) is 8.87. The molecule has 162 valence electrons. The van der Waals surface area contributed by atoms with Crippen LogP contribution in [-0.4, -0.2) is 42.0 Å². The fraction of sp³-hybridized carbons (Fsp3) is 0.500. The summed E-state index contributed by atoms with van der Waals surface area (Å²) in [4.78, 5) is 8.54. The van der Waals surface area contributed by atoms with Gasteiger partial charge in [-0.1, -0.05) is 17.3 Å². The maximum absolute atomic E-state index is 12.5. The third-order valence-electron chi connectivity index (χ3n) is 3.57. The lowest BCUT2D eigenvalue weighted by Crippen LogP contribution is -2.38. The van der Waals surface area contributed by atoms with Crippen molar-refractivity contribution in [2.75, 3.05) is 19.7 Å². The van der Waals surface area contributed by atoms with Crippen molar-refractivity contribution < 1.29 is 22.4 Å². The molecule has 29 heavy (non-hydrogen) atoms. The predicted molar refractivity (Wildman–Crippen MR) is 114 cm³/mol. The van der Waals surface area contributed by atoms with Gasteiger partial charge in [-0.3, -0.25) is 0 Å². The number of aryl methyl sites for hydroxylation is 2. The Balaban J connectivity index is 0.00000420. The van der Waals surface area contributed by atoms with E-state index in [4.69, 9.17) is 9.26 Å². The van der Waals surface area contributed by atoms with Crippen LogP contribution in [0.25, 0.3) is 0 Å². The average molecular weight is 527 g/mol. The molecule has 0 saturated heterocycles. The van der Waals surface area contributed by atoms with E-state index < -0.39 is 12.8 Å². The zero-order chi connectivity index (χ0) is 20.6. The second-order valence-electron chi connectivity index (χ2n) is 6.12. The number of ether oxygens (including phenoxy) is 1. The molecule has 11 heteroatoms. The number of hydrogen-bond donors (Lipinski definition) is 2. The van der Waals surface area contributed by atoms with Gasteiger partial charge in [-0.05, 0) is 32.4 Å². The van der Waals surface area contributed by atoms with Crippen LogP contribution in [-0.2, 0) is 13.0 Å². The van der Waals surface area contributed by atoms with Gasteiger partial charge in [-0.2, -0.15) is 18.2 Å². The number of alkyl halides is 3. The van der Waals surface area contributed by atoms with Gasteiger partial charge in [-0.15, -0.1) is 24.0 Å². The van der Waals surface area contributed by atoms with Crippen LogP contribution >= 0.6 is 24.0 Å². The van der Waals surface area contributed by atoms with Crippen LogP contribution in [0.4, 0.5) is 13.2 Å². The maximum Gasteiger partial charge on any atom is 0.422 e. The topological polar surface area (TPSA) is 84.6 Å². The summed E-state index contributed by atoms with van der Waals surface area (Å²) in [5.74, 6) is 1.79. The van der Waals surface area contributed by atoms with Gasteiger partial charge >= 0.3 is 6.18 Å². The molecule has 0 fully saturated rings. The SMILES string of the molecule is CCNC(=NCc1ccc(C)cc1OCC(F)(F)F)NCCc1nc(C)no1.I. The number of aromatic nitrogens is 2. The molecule has 0 aliphatic heterocycles. The van der Waals surface area contributed by atoms with E-state index in [-0.39, 0.29) is 36.3 Å². The Kier molecular flexibility index (Phi) is 10.2. The molecule has 1 aromatic heterocycles. The van der Waals surface area contributed by atoms with Crippen LogP contribution in [0.1, 0.15) is 29.8 Å². The number of nitrogens with one attached hydrogen (secondary N) is 2. The van der Waals surface area contributed by atoms with E-state index in [9.17, 15) is 13.2 Å². The third kappa shape index (κ3) is 9.33. The molecule has 1 aromatic carbocycles. The first-order valence-corrected chi connectivity index (χ1v) is 8.87. The fourth-order valence-corrected chi connectivity index (χ4v) is 2.32. The minimum absolute atomic E-state index is 0. The number of nitrogens with zero attached hydrogens (tertiary/aromatic N) is 3. The van der Waals surface area contributed by atoms with Crippen molar-refractivity contribution in [2.45, 2.75) is 39.9 Å². The van der Waals surface area contributed by atoms with Crippen molar-refractivity contribution in [1.82, 2.24) is 20.8 Å². The number of aliphatic imine (C=N–C) groups is 1. The van der Waals surface area contributed by atoms with Gasteiger partial charge in [0.1, 0.15) is 5.75 Å². The minimum Gasteiger partial charge on any atom is -0.484 e. The highest BCUT2D eigenvalue weighted by Gasteiger charge is 2.28. The van der Waals surface area contributed by atoms with E-state index in [2.05, 4.69) is 25.8 Å². The fourth-order valence-electron chi connectivity index (χ4n) is 2.32. The quantitative estimate of drug-likeness (QED) is 0.311. The summed E-state index contributed by atoms with van der Waals surface area (Å²) in [6.07, 6.45) is -3.87. The first-order chi connectivity index (χ1) is 13.3. The van der Waals surface area contributed by atoms with E-state index >= 15 is 0 Å². The number of benzene rings is 1. The molecular formula is C18H25F3IN5O2. The lowest BCUT2D eigenvalue weighted by molar-refractivity contribution is -0.153. The second kappa shape index (κ2) is 11.8. The molecule has 0 atom stereocenters. The average Bonchev–Trinajstić information content (AvgIpc) is 3.03. The molecule has 0 spiro atoms. The molecule has 0 aliphatic rings. The van der Waals surface area contributed by atoms with E-state index in [0.29, 0.717) is 42.7 Å². The summed E-state index contributed by atoms with van der Waals surface area (Å²) < 4.78 is 47.4. The molecule has 0 bridgehead atoms. The van der Waals surface area contributed by atoms with E-state index in [1.165, 1.54) is 0 Å². The highest BCUT2D eigenvalue weighted by atomic mass is 127. The summed E-state index contributed by atoms with van der Waals surface area (Å²) in [6.45, 7) is 5.43.